The van der Waals surface area contributed by atoms with Gasteiger partial charge in [0.1, 0.15) is 17.7 Å². The summed E-state index contributed by atoms with van der Waals surface area (Å²) >= 11 is 0. The average molecular weight is 480 g/mol. The Balaban J connectivity index is 2.04. The van der Waals surface area contributed by atoms with Gasteiger partial charge in [-0.15, -0.1) is 0 Å². The first-order valence-electron chi connectivity index (χ1n) is 12.0. The lowest BCUT2D eigenvalue weighted by Gasteiger charge is -2.30. The van der Waals surface area contributed by atoms with Gasteiger partial charge in [0.25, 0.3) is 5.91 Å². The van der Waals surface area contributed by atoms with Gasteiger partial charge in [-0.25, -0.2) is 0 Å². The number of benzene rings is 1. The maximum Gasteiger partial charge on any atom is 0.320 e. The van der Waals surface area contributed by atoms with Crippen molar-refractivity contribution < 1.29 is 9.53 Å². The highest BCUT2D eigenvalue weighted by Crippen LogP contribution is 2.32. The van der Waals surface area contributed by atoms with E-state index in [0.29, 0.717) is 35.0 Å². The monoisotopic (exact) mass is 479 g/mol. The summed E-state index contributed by atoms with van der Waals surface area (Å²) in [5.74, 6) is 0.689. The van der Waals surface area contributed by atoms with Crippen molar-refractivity contribution in [3.63, 3.8) is 0 Å². The maximum atomic E-state index is 12.2. The molecule has 1 aliphatic heterocycles. The fourth-order valence-electron chi connectivity index (χ4n) is 4.16. The Labute approximate surface area is 208 Å². The van der Waals surface area contributed by atoms with Crippen LogP contribution in [-0.2, 0) is 0 Å². The summed E-state index contributed by atoms with van der Waals surface area (Å²) in [7, 11) is 5.62. The van der Waals surface area contributed by atoms with E-state index in [1.165, 1.54) is 0 Å². The predicted molar refractivity (Wildman–Crippen MR) is 138 cm³/mol. The van der Waals surface area contributed by atoms with Crippen molar-refractivity contribution >= 4 is 23.2 Å². The largest absolute Gasteiger partial charge is 0.460 e. The molecule has 1 aromatic heterocycles. The molecule has 0 bridgehead atoms. The lowest BCUT2D eigenvalue weighted by atomic mass is 9.96. The minimum atomic E-state index is -0.187. The van der Waals surface area contributed by atoms with Gasteiger partial charge in [0.15, 0.2) is 11.6 Å². The number of hydrogen-bond donors (Lipinski definition) is 2. The number of piperidine rings is 1. The van der Waals surface area contributed by atoms with Gasteiger partial charge in [-0.3, -0.25) is 4.79 Å². The van der Waals surface area contributed by atoms with Crippen LogP contribution in [0.1, 0.15) is 55.1 Å². The van der Waals surface area contributed by atoms with Crippen LogP contribution in [0, 0.1) is 23.7 Å². The van der Waals surface area contributed by atoms with Crippen LogP contribution >= 0.6 is 0 Å². The van der Waals surface area contributed by atoms with Crippen molar-refractivity contribution in [3.8, 4) is 12.1 Å². The number of rotatable bonds is 7. The van der Waals surface area contributed by atoms with Crippen LogP contribution < -0.4 is 20.3 Å². The summed E-state index contributed by atoms with van der Waals surface area (Å²) in [6.07, 6.45) is 1.80. The molecule has 0 aliphatic carbocycles. The number of amides is 1. The SMILES string of the molecule is CNC(=O)c1ccc(C)c(Nc2nc(OC3CCN(C)CC3)nc(N(C)CC(C)(C)C)c2C#N)c1. The molecule has 0 unspecified atom stereocenters. The second-order valence-electron chi connectivity index (χ2n) is 10.4. The number of ether oxygens (including phenoxy) is 1. The van der Waals surface area contributed by atoms with Gasteiger partial charge in [-0.2, -0.15) is 15.2 Å². The second-order valence-corrected chi connectivity index (χ2v) is 10.4. The molecule has 35 heavy (non-hydrogen) atoms. The number of hydrogen-bond acceptors (Lipinski definition) is 8. The highest BCUT2D eigenvalue weighted by Gasteiger charge is 2.25. The van der Waals surface area contributed by atoms with Crippen LogP contribution in [0.15, 0.2) is 18.2 Å². The van der Waals surface area contributed by atoms with E-state index in [-0.39, 0.29) is 23.4 Å². The van der Waals surface area contributed by atoms with Crippen molar-refractivity contribution in [2.75, 3.05) is 51.0 Å². The molecule has 1 aromatic carbocycles. The minimum Gasteiger partial charge on any atom is -0.460 e. The quantitative estimate of drug-likeness (QED) is 0.619. The molecule has 2 aromatic rings. The molecule has 2 N–H and O–H groups in total. The number of carbonyl (C=O) groups is 1. The van der Waals surface area contributed by atoms with Crippen molar-refractivity contribution in [2.45, 2.75) is 46.6 Å². The molecule has 0 spiro atoms. The number of aryl methyl sites for hydroxylation is 1. The van der Waals surface area contributed by atoms with E-state index in [1.54, 1.807) is 19.2 Å². The number of nitriles is 1. The Bertz CT molecular complexity index is 1100. The van der Waals surface area contributed by atoms with Crippen LogP contribution in [0.4, 0.5) is 17.3 Å². The zero-order valence-corrected chi connectivity index (χ0v) is 21.9. The lowest BCUT2D eigenvalue weighted by molar-refractivity contribution is 0.0963. The van der Waals surface area contributed by atoms with Crippen LogP contribution in [-0.4, -0.2) is 67.7 Å². The third kappa shape index (κ3) is 6.83. The first-order valence-corrected chi connectivity index (χ1v) is 12.0. The van der Waals surface area contributed by atoms with E-state index in [0.717, 1.165) is 31.5 Å². The Morgan fingerprint density at radius 3 is 2.57 bits per heavy atom. The fourth-order valence-corrected chi connectivity index (χ4v) is 4.16. The Morgan fingerprint density at radius 1 is 1.29 bits per heavy atom. The summed E-state index contributed by atoms with van der Waals surface area (Å²) in [6.45, 7) is 10.9. The lowest BCUT2D eigenvalue weighted by Crippen LogP contribution is -2.36. The van der Waals surface area contributed by atoms with E-state index >= 15 is 0 Å². The molecule has 9 nitrogen and oxygen atoms in total. The molecule has 0 saturated carbocycles. The Hall–Kier alpha value is -3.38. The number of nitrogens with one attached hydrogen (secondary N) is 2. The topological polar surface area (TPSA) is 106 Å². The molecule has 9 heteroatoms. The number of likely N-dealkylation sites (tertiary alicyclic amines) is 1. The highest BCUT2D eigenvalue weighted by molar-refractivity contribution is 5.95. The molecule has 2 heterocycles. The van der Waals surface area contributed by atoms with Crippen LogP contribution in [0.25, 0.3) is 0 Å². The molecular weight excluding hydrogens is 442 g/mol. The maximum absolute atomic E-state index is 12.2. The standard InChI is InChI=1S/C26H37N7O2/c1-17-8-9-18(24(34)28-5)14-21(17)29-22-20(15-27)23(33(7)16-26(2,3)4)31-25(30-22)35-19-10-12-32(6)13-11-19/h8-9,14,19H,10-13,16H2,1-7H3,(H,28,34)(H,29,30,31). The molecule has 3 rings (SSSR count). The fraction of sp³-hybridized carbons (Fsp3) is 0.538. The van der Waals surface area contributed by atoms with Crippen molar-refractivity contribution in [2.24, 2.45) is 5.41 Å². The zero-order chi connectivity index (χ0) is 25.8. The molecular formula is C26H37N7O2. The van der Waals surface area contributed by atoms with E-state index in [4.69, 9.17) is 4.74 Å². The summed E-state index contributed by atoms with van der Waals surface area (Å²) in [5, 5.41) is 16.0. The average Bonchev–Trinajstić information content (AvgIpc) is 2.80. The number of aromatic nitrogens is 2. The molecule has 1 saturated heterocycles. The Kier molecular flexibility index (Phi) is 8.18. The Morgan fingerprint density at radius 2 is 1.97 bits per heavy atom. The van der Waals surface area contributed by atoms with Crippen molar-refractivity contribution in [1.29, 1.82) is 5.26 Å². The normalized spacial score (nSPS) is 14.8. The second kappa shape index (κ2) is 10.9. The minimum absolute atomic E-state index is 0.00652. The van der Waals surface area contributed by atoms with Gasteiger partial charge < -0.3 is 25.2 Å². The van der Waals surface area contributed by atoms with E-state index in [2.05, 4.69) is 59.4 Å². The molecule has 0 radical (unpaired) electrons. The van der Waals surface area contributed by atoms with E-state index in [1.807, 2.05) is 24.9 Å². The highest BCUT2D eigenvalue weighted by atomic mass is 16.5. The van der Waals surface area contributed by atoms with E-state index in [9.17, 15) is 10.1 Å². The van der Waals surface area contributed by atoms with Crippen LogP contribution in [0.3, 0.4) is 0 Å². The van der Waals surface area contributed by atoms with Crippen LogP contribution in [0.5, 0.6) is 6.01 Å². The zero-order valence-electron chi connectivity index (χ0n) is 21.9. The summed E-state index contributed by atoms with van der Waals surface area (Å²) in [6, 6.07) is 7.92. The van der Waals surface area contributed by atoms with Crippen LogP contribution in [0.2, 0.25) is 0 Å². The third-order valence-corrected chi connectivity index (χ3v) is 5.97. The summed E-state index contributed by atoms with van der Waals surface area (Å²) in [5.41, 5.74) is 2.45. The van der Waals surface area contributed by atoms with Crippen molar-refractivity contribution in [3.05, 3.63) is 34.9 Å². The number of anilines is 3. The third-order valence-electron chi connectivity index (χ3n) is 5.97. The molecule has 1 aliphatic rings. The van der Waals surface area contributed by atoms with Gasteiger partial charge in [-0.05, 0) is 49.9 Å². The smallest absolute Gasteiger partial charge is 0.320 e. The molecule has 1 amide bonds. The van der Waals surface area contributed by atoms with Gasteiger partial charge in [0.2, 0.25) is 0 Å². The first-order chi connectivity index (χ1) is 16.5. The van der Waals surface area contributed by atoms with Gasteiger partial charge in [0.05, 0.1) is 0 Å². The number of carbonyl (C=O) groups excluding carboxylic acids is 1. The summed E-state index contributed by atoms with van der Waals surface area (Å²) in [4.78, 5) is 25.7. The molecule has 188 valence electrons. The van der Waals surface area contributed by atoms with Gasteiger partial charge in [0, 0.05) is 45.0 Å². The van der Waals surface area contributed by atoms with Crippen molar-refractivity contribution in [1.82, 2.24) is 20.2 Å². The molecule has 1 fully saturated rings. The van der Waals surface area contributed by atoms with Gasteiger partial charge >= 0.3 is 6.01 Å². The summed E-state index contributed by atoms with van der Waals surface area (Å²) < 4.78 is 6.22. The van der Waals surface area contributed by atoms with E-state index < -0.39 is 0 Å². The number of nitrogens with zero attached hydrogens (tertiary/aromatic N) is 5. The first kappa shape index (κ1) is 26.2. The molecule has 0 atom stereocenters. The predicted octanol–water partition coefficient (Wildman–Crippen LogP) is 3.72. The van der Waals surface area contributed by atoms with Gasteiger partial charge in [-0.1, -0.05) is 26.8 Å².